The summed E-state index contributed by atoms with van der Waals surface area (Å²) in [5.74, 6) is -0.253. The van der Waals surface area contributed by atoms with Crippen LogP contribution in [0.15, 0.2) is 47.4 Å². The summed E-state index contributed by atoms with van der Waals surface area (Å²) >= 11 is 0. The molecule has 1 unspecified atom stereocenters. The van der Waals surface area contributed by atoms with Crippen LogP contribution < -0.4 is 15.8 Å². The Hall–Kier alpha value is -2.45. The summed E-state index contributed by atoms with van der Waals surface area (Å²) in [6.45, 7) is 1.89. The van der Waals surface area contributed by atoms with E-state index in [0.29, 0.717) is 23.7 Å². The molecule has 0 bridgehead atoms. The van der Waals surface area contributed by atoms with Crippen LogP contribution in [0.4, 0.5) is 10.1 Å². The van der Waals surface area contributed by atoms with E-state index in [1.54, 1.807) is 12.1 Å². The zero-order valence-corrected chi connectivity index (χ0v) is 15.7. The molecule has 0 heterocycles. The molecular weight excluding hydrogens is 369 g/mol. The van der Waals surface area contributed by atoms with Crippen molar-refractivity contribution in [2.45, 2.75) is 30.7 Å². The second kappa shape index (κ2) is 7.66. The van der Waals surface area contributed by atoms with Gasteiger partial charge in [-0.3, -0.25) is 9.52 Å². The van der Waals surface area contributed by atoms with Crippen molar-refractivity contribution < 1.29 is 17.6 Å². The van der Waals surface area contributed by atoms with E-state index < -0.39 is 15.8 Å². The van der Waals surface area contributed by atoms with Gasteiger partial charge in [-0.1, -0.05) is 0 Å². The number of anilines is 1. The maximum absolute atomic E-state index is 13.3. The van der Waals surface area contributed by atoms with Crippen LogP contribution in [0.3, 0.4) is 0 Å². The van der Waals surface area contributed by atoms with E-state index in [0.717, 1.165) is 18.9 Å². The minimum atomic E-state index is -3.85. The van der Waals surface area contributed by atoms with Crippen LogP contribution in [0.1, 0.15) is 28.8 Å². The Morgan fingerprint density at radius 3 is 2.44 bits per heavy atom. The Balaban J connectivity index is 1.69. The van der Waals surface area contributed by atoms with Crippen LogP contribution in [0, 0.1) is 18.7 Å². The fourth-order valence-corrected chi connectivity index (χ4v) is 3.95. The van der Waals surface area contributed by atoms with Crippen molar-refractivity contribution in [3.05, 3.63) is 59.4 Å². The molecule has 4 N–H and O–H groups in total. The third kappa shape index (κ3) is 4.64. The summed E-state index contributed by atoms with van der Waals surface area (Å²) in [6, 6.07) is 9.67. The van der Waals surface area contributed by atoms with Gasteiger partial charge in [-0.05, 0) is 73.7 Å². The number of hydrogen-bond donors (Lipinski definition) is 3. The number of carbonyl (C=O) groups is 1. The van der Waals surface area contributed by atoms with Crippen LogP contribution in [0.5, 0.6) is 0 Å². The van der Waals surface area contributed by atoms with Crippen LogP contribution in [0.25, 0.3) is 0 Å². The number of sulfonamides is 1. The molecule has 2 aromatic rings. The van der Waals surface area contributed by atoms with E-state index in [-0.39, 0.29) is 22.4 Å². The Morgan fingerprint density at radius 2 is 1.89 bits per heavy atom. The highest BCUT2D eigenvalue weighted by atomic mass is 32.2. The van der Waals surface area contributed by atoms with Crippen molar-refractivity contribution in [1.29, 1.82) is 0 Å². The smallest absolute Gasteiger partial charge is 0.261 e. The third-order valence-electron chi connectivity index (χ3n) is 4.60. The molecule has 0 aliphatic heterocycles. The van der Waals surface area contributed by atoms with Crippen molar-refractivity contribution in [2.24, 2.45) is 11.7 Å². The molecule has 3 rings (SSSR count). The van der Waals surface area contributed by atoms with Gasteiger partial charge in [0.2, 0.25) is 0 Å². The Morgan fingerprint density at radius 1 is 1.22 bits per heavy atom. The Kier molecular flexibility index (Phi) is 5.48. The zero-order valence-electron chi connectivity index (χ0n) is 14.9. The summed E-state index contributed by atoms with van der Waals surface area (Å²) in [4.78, 5) is 12.3. The first-order valence-corrected chi connectivity index (χ1v) is 10.2. The molecule has 8 heteroatoms. The normalized spacial score (nSPS) is 15.2. The fraction of sp³-hybridized carbons (Fsp3) is 0.316. The van der Waals surface area contributed by atoms with Crippen LogP contribution in [-0.4, -0.2) is 26.9 Å². The van der Waals surface area contributed by atoms with E-state index in [4.69, 9.17) is 5.73 Å². The van der Waals surface area contributed by atoms with Gasteiger partial charge in [0, 0.05) is 23.8 Å². The average Bonchev–Trinajstić information content (AvgIpc) is 3.47. The molecule has 1 aliphatic carbocycles. The molecule has 144 valence electrons. The highest BCUT2D eigenvalue weighted by Crippen LogP contribution is 2.32. The van der Waals surface area contributed by atoms with Gasteiger partial charge >= 0.3 is 0 Å². The number of benzene rings is 2. The topological polar surface area (TPSA) is 101 Å². The molecule has 6 nitrogen and oxygen atoms in total. The van der Waals surface area contributed by atoms with Crippen molar-refractivity contribution in [1.82, 2.24) is 5.32 Å². The standard InChI is InChI=1S/C19H22FN3O3S/c1-12-10-16(8-9-17(12)20)27(25,26)23-15-6-4-14(5-7-15)19(24)22-18(11-21)13-2-3-13/h4-10,13,18,23H,2-3,11,21H2,1H3,(H,22,24). The van der Waals surface area contributed by atoms with E-state index in [9.17, 15) is 17.6 Å². The summed E-state index contributed by atoms with van der Waals surface area (Å²) in [5, 5.41) is 2.91. The predicted molar refractivity (Wildman–Crippen MR) is 101 cm³/mol. The first-order valence-electron chi connectivity index (χ1n) is 8.70. The summed E-state index contributed by atoms with van der Waals surface area (Å²) in [7, 11) is -3.85. The first-order chi connectivity index (χ1) is 12.8. The maximum atomic E-state index is 13.3. The van der Waals surface area contributed by atoms with Gasteiger partial charge in [0.15, 0.2) is 0 Å². The number of halogens is 1. The second-order valence-electron chi connectivity index (χ2n) is 6.75. The minimum Gasteiger partial charge on any atom is -0.348 e. The monoisotopic (exact) mass is 391 g/mol. The van der Waals surface area contributed by atoms with E-state index >= 15 is 0 Å². The average molecular weight is 391 g/mol. The molecule has 0 radical (unpaired) electrons. The van der Waals surface area contributed by atoms with E-state index in [1.165, 1.54) is 31.2 Å². The highest BCUT2D eigenvalue weighted by molar-refractivity contribution is 7.92. The lowest BCUT2D eigenvalue weighted by atomic mass is 10.1. The van der Waals surface area contributed by atoms with Crippen molar-refractivity contribution in [2.75, 3.05) is 11.3 Å². The number of nitrogens with two attached hydrogens (primary N) is 1. The Labute approximate surface area is 158 Å². The number of carbonyl (C=O) groups excluding carboxylic acids is 1. The molecule has 1 fully saturated rings. The van der Waals surface area contributed by atoms with Gasteiger partial charge in [0.05, 0.1) is 4.90 Å². The number of nitrogens with one attached hydrogen (secondary N) is 2. The number of aryl methyl sites for hydroxylation is 1. The van der Waals surface area contributed by atoms with E-state index in [2.05, 4.69) is 10.0 Å². The van der Waals surface area contributed by atoms with Gasteiger partial charge in [-0.25, -0.2) is 12.8 Å². The second-order valence-corrected chi connectivity index (χ2v) is 8.43. The highest BCUT2D eigenvalue weighted by Gasteiger charge is 2.31. The molecule has 27 heavy (non-hydrogen) atoms. The lowest BCUT2D eigenvalue weighted by Gasteiger charge is -2.16. The molecule has 1 saturated carbocycles. The van der Waals surface area contributed by atoms with Crippen LogP contribution >= 0.6 is 0 Å². The molecule has 2 aromatic carbocycles. The molecule has 0 aromatic heterocycles. The Bertz CT molecular complexity index is 941. The van der Waals surface area contributed by atoms with Crippen LogP contribution in [-0.2, 0) is 10.0 Å². The predicted octanol–water partition coefficient (Wildman–Crippen LogP) is 2.40. The van der Waals surface area contributed by atoms with Gasteiger partial charge in [-0.2, -0.15) is 0 Å². The quantitative estimate of drug-likeness (QED) is 0.675. The van der Waals surface area contributed by atoms with Crippen molar-refractivity contribution in [3.63, 3.8) is 0 Å². The van der Waals surface area contributed by atoms with Gasteiger partial charge < -0.3 is 11.1 Å². The molecule has 1 amide bonds. The largest absolute Gasteiger partial charge is 0.348 e. The molecule has 1 atom stereocenters. The number of amides is 1. The zero-order chi connectivity index (χ0) is 19.6. The number of rotatable bonds is 7. The SMILES string of the molecule is Cc1cc(S(=O)(=O)Nc2ccc(C(=O)NC(CN)C3CC3)cc2)ccc1F. The molecule has 0 saturated heterocycles. The molecule has 1 aliphatic rings. The lowest BCUT2D eigenvalue weighted by Crippen LogP contribution is -2.41. The van der Waals surface area contributed by atoms with Crippen molar-refractivity contribution in [3.8, 4) is 0 Å². The molecule has 0 spiro atoms. The van der Waals surface area contributed by atoms with Gasteiger partial charge in [0.1, 0.15) is 5.82 Å². The summed E-state index contributed by atoms with van der Waals surface area (Å²) in [6.07, 6.45) is 2.15. The maximum Gasteiger partial charge on any atom is 0.261 e. The van der Waals surface area contributed by atoms with Gasteiger partial charge in [0.25, 0.3) is 15.9 Å². The third-order valence-corrected chi connectivity index (χ3v) is 5.98. The van der Waals surface area contributed by atoms with Crippen molar-refractivity contribution >= 4 is 21.6 Å². The minimum absolute atomic E-state index is 0.0292. The van der Waals surface area contributed by atoms with E-state index in [1.807, 2.05) is 0 Å². The summed E-state index contributed by atoms with van der Waals surface area (Å²) in [5.41, 5.74) is 6.68. The van der Waals surface area contributed by atoms with Gasteiger partial charge in [-0.15, -0.1) is 0 Å². The summed E-state index contributed by atoms with van der Waals surface area (Å²) < 4.78 is 40.6. The number of hydrogen-bond acceptors (Lipinski definition) is 4. The first kappa shape index (κ1) is 19.3. The lowest BCUT2D eigenvalue weighted by molar-refractivity contribution is 0.0933. The molecular formula is C19H22FN3O3S. The fourth-order valence-electron chi connectivity index (χ4n) is 2.81. The van der Waals surface area contributed by atoms with Crippen LogP contribution in [0.2, 0.25) is 0 Å².